The van der Waals surface area contributed by atoms with Gasteiger partial charge in [-0.05, 0) is 5.56 Å². The number of aliphatic hydroxyl groups excluding tert-OH is 1. The molecular weight excluding hydrogens is 216 g/mol. The minimum absolute atomic E-state index is 0.0638. The van der Waals surface area contributed by atoms with Gasteiger partial charge >= 0.3 is 0 Å². The first kappa shape index (κ1) is 11.8. The highest BCUT2D eigenvalue weighted by Crippen LogP contribution is 2.12. The molecule has 0 radical (unpaired) electrons. The zero-order valence-corrected chi connectivity index (χ0v) is 9.74. The molecule has 0 saturated heterocycles. The van der Waals surface area contributed by atoms with Gasteiger partial charge in [0.2, 0.25) is 0 Å². The van der Waals surface area contributed by atoms with E-state index in [4.69, 9.17) is 0 Å². The van der Waals surface area contributed by atoms with E-state index in [1.807, 2.05) is 37.4 Å². The molecule has 2 N–H and O–H groups in total. The Hall–Kier alpha value is -1.72. The average molecular weight is 232 g/mol. The summed E-state index contributed by atoms with van der Waals surface area (Å²) in [6.07, 6.45) is 1.71. The monoisotopic (exact) mass is 232 g/mol. The minimum atomic E-state index is -0.0638. The summed E-state index contributed by atoms with van der Waals surface area (Å²) in [5.41, 5.74) is 2.06. The molecule has 0 unspecified atom stereocenters. The maximum Gasteiger partial charge on any atom is 0.0738 e. The van der Waals surface area contributed by atoms with Crippen LogP contribution in [0.2, 0.25) is 0 Å². The van der Waals surface area contributed by atoms with Gasteiger partial charge in [-0.2, -0.15) is 0 Å². The van der Waals surface area contributed by atoms with Crippen molar-refractivity contribution in [1.29, 1.82) is 0 Å². The van der Waals surface area contributed by atoms with E-state index in [1.165, 1.54) is 0 Å². The second kappa shape index (κ2) is 5.56. The van der Waals surface area contributed by atoms with Gasteiger partial charge in [0, 0.05) is 13.6 Å². The highest BCUT2D eigenvalue weighted by atomic mass is 16.3. The van der Waals surface area contributed by atoms with Crippen molar-refractivity contribution >= 4 is 0 Å². The summed E-state index contributed by atoms with van der Waals surface area (Å²) in [6, 6.07) is 9.82. The van der Waals surface area contributed by atoms with Crippen molar-refractivity contribution < 1.29 is 5.11 Å². The fourth-order valence-electron chi connectivity index (χ4n) is 1.67. The van der Waals surface area contributed by atoms with Crippen molar-refractivity contribution in [2.75, 3.05) is 6.61 Å². The van der Waals surface area contributed by atoms with E-state index >= 15 is 0 Å². The van der Waals surface area contributed by atoms with E-state index in [0.717, 1.165) is 11.3 Å². The molecule has 1 aromatic carbocycles. The summed E-state index contributed by atoms with van der Waals surface area (Å²) in [6.45, 7) is 0.693. The standard InChI is InChI=1S/C12H16N4O/c1-16-11(8-14-15-16)7-13-12(9-17)10-5-3-2-4-6-10/h2-6,8,12-13,17H,7,9H2,1H3/t12-/m0/s1. The van der Waals surface area contributed by atoms with Crippen LogP contribution in [0.25, 0.3) is 0 Å². The first-order valence-electron chi connectivity index (χ1n) is 5.54. The van der Waals surface area contributed by atoms with Crippen molar-refractivity contribution in [1.82, 2.24) is 20.3 Å². The Labute approximate surface area is 100 Å². The summed E-state index contributed by atoms with van der Waals surface area (Å²) < 4.78 is 1.71. The molecular formula is C12H16N4O. The Morgan fingerprint density at radius 1 is 1.35 bits per heavy atom. The Morgan fingerprint density at radius 2 is 2.12 bits per heavy atom. The number of nitrogens with zero attached hydrogens (tertiary/aromatic N) is 3. The topological polar surface area (TPSA) is 63.0 Å². The van der Waals surface area contributed by atoms with Gasteiger partial charge in [-0.1, -0.05) is 35.5 Å². The smallest absolute Gasteiger partial charge is 0.0738 e. The highest BCUT2D eigenvalue weighted by Gasteiger charge is 2.10. The van der Waals surface area contributed by atoms with Crippen LogP contribution in [0, 0.1) is 0 Å². The number of aryl methyl sites for hydroxylation is 1. The van der Waals surface area contributed by atoms with E-state index in [-0.39, 0.29) is 12.6 Å². The summed E-state index contributed by atoms with van der Waals surface area (Å²) in [4.78, 5) is 0. The lowest BCUT2D eigenvalue weighted by Gasteiger charge is -2.16. The van der Waals surface area contributed by atoms with E-state index < -0.39 is 0 Å². The first-order valence-corrected chi connectivity index (χ1v) is 5.54. The second-order valence-corrected chi connectivity index (χ2v) is 3.88. The molecule has 0 amide bonds. The fourth-order valence-corrected chi connectivity index (χ4v) is 1.67. The highest BCUT2D eigenvalue weighted by molar-refractivity contribution is 5.19. The zero-order chi connectivity index (χ0) is 12.1. The van der Waals surface area contributed by atoms with Crippen LogP contribution in [0.4, 0.5) is 0 Å². The predicted octanol–water partition coefficient (Wildman–Crippen LogP) is 0.638. The quantitative estimate of drug-likeness (QED) is 0.794. The van der Waals surface area contributed by atoms with Crippen LogP contribution in [0.15, 0.2) is 36.5 Å². The molecule has 0 aliphatic carbocycles. The van der Waals surface area contributed by atoms with E-state index in [9.17, 15) is 5.11 Å². The molecule has 1 aromatic heterocycles. The molecule has 90 valence electrons. The second-order valence-electron chi connectivity index (χ2n) is 3.88. The molecule has 0 spiro atoms. The molecule has 17 heavy (non-hydrogen) atoms. The molecule has 0 bridgehead atoms. The van der Waals surface area contributed by atoms with Crippen molar-refractivity contribution in [3.8, 4) is 0 Å². The largest absolute Gasteiger partial charge is 0.394 e. The molecule has 0 aliphatic heterocycles. The van der Waals surface area contributed by atoms with Crippen LogP contribution in [-0.4, -0.2) is 26.7 Å². The number of rotatable bonds is 5. The Morgan fingerprint density at radius 3 is 2.71 bits per heavy atom. The SMILES string of the molecule is Cn1nncc1CN[C@@H](CO)c1ccccc1. The van der Waals surface area contributed by atoms with Gasteiger partial charge < -0.3 is 10.4 Å². The Balaban J connectivity index is 1.99. The number of hydrogen-bond acceptors (Lipinski definition) is 4. The maximum atomic E-state index is 9.38. The van der Waals surface area contributed by atoms with Crippen LogP contribution < -0.4 is 5.32 Å². The number of hydrogen-bond donors (Lipinski definition) is 2. The molecule has 1 heterocycles. The number of aliphatic hydroxyl groups is 1. The third-order valence-corrected chi connectivity index (χ3v) is 2.72. The van der Waals surface area contributed by atoms with Gasteiger partial charge in [-0.3, -0.25) is 4.68 Å². The lowest BCUT2D eigenvalue weighted by Crippen LogP contribution is -2.24. The van der Waals surface area contributed by atoms with Crippen LogP contribution in [0.1, 0.15) is 17.3 Å². The molecule has 5 heteroatoms. The van der Waals surface area contributed by atoms with Crippen molar-refractivity contribution in [3.05, 3.63) is 47.8 Å². The van der Waals surface area contributed by atoms with Gasteiger partial charge in [0.05, 0.1) is 24.5 Å². The number of aromatic nitrogens is 3. The predicted molar refractivity (Wildman–Crippen MR) is 64.1 cm³/mol. The van der Waals surface area contributed by atoms with Crippen LogP contribution in [0.3, 0.4) is 0 Å². The summed E-state index contributed by atoms with van der Waals surface area (Å²) in [5, 5.41) is 20.3. The normalized spacial score (nSPS) is 12.6. The summed E-state index contributed by atoms with van der Waals surface area (Å²) >= 11 is 0. The lowest BCUT2D eigenvalue weighted by atomic mass is 10.1. The molecule has 2 rings (SSSR count). The average Bonchev–Trinajstić information content (AvgIpc) is 2.77. The van der Waals surface area contributed by atoms with Gasteiger partial charge in [-0.25, -0.2) is 0 Å². The first-order chi connectivity index (χ1) is 8.31. The number of benzene rings is 1. The van der Waals surface area contributed by atoms with E-state index in [0.29, 0.717) is 6.54 Å². The third kappa shape index (κ3) is 2.89. The Bertz CT molecular complexity index is 455. The van der Waals surface area contributed by atoms with Crippen LogP contribution >= 0.6 is 0 Å². The van der Waals surface area contributed by atoms with Gasteiger partial charge in [0.15, 0.2) is 0 Å². The molecule has 5 nitrogen and oxygen atoms in total. The lowest BCUT2D eigenvalue weighted by molar-refractivity contribution is 0.243. The summed E-state index contributed by atoms with van der Waals surface area (Å²) in [5.74, 6) is 0. The maximum absolute atomic E-state index is 9.38. The van der Waals surface area contributed by atoms with Gasteiger partial charge in [0.1, 0.15) is 0 Å². The zero-order valence-electron chi connectivity index (χ0n) is 9.74. The van der Waals surface area contributed by atoms with Gasteiger partial charge in [-0.15, -0.1) is 5.10 Å². The van der Waals surface area contributed by atoms with Crippen molar-refractivity contribution in [2.24, 2.45) is 7.05 Å². The molecule has 2 aromatic rings. The van der Waals surface area contributed by atoms with Crippen molar-refractivity contribution in [3.63, 3.8) is 0 Å². The molecule has 1 atom stereocenters. The minimum Gasteiger partial charge on any atom is -0.394 e. The van der Waals surface area contributed by atoms with E-state index in [1.54, 1.807) is 10.9 Å². The van der Waals surface area contributed by atoms with Crippen molar-refractivity contribution in [2.45, 2.75) is 12.6 Å². The van der Waals surface area contributed by atoms with Crippen LogP contribution in [0.5, 0.6) is 0 Å². The van der Waals surface area contributed by atoms with E-state index in [2.05, 4.69) is 15.6 Å². The molecule has 0 aliphatic rings. The number of nitrogens with one attached hydrogen (secondary N) is 1. The fraction of sp³-hybridized carbons (Fsp3) is 0.333. The molecule has 0 fully saturated rings. The summed E-state index contributed by atoms with van der Waals surface area (Å²) in [7, 11) is 1.85. The van der Waals surface area contributed by atoms with Gasteiger partial charge in [0.25, 0.3) is 0 Å². The van der Waals surface area contributed by atoms with Crippen LogP contribution in [-0.2, 0) is 13.6 Å². The molecule has 0 saturated carbocycles. The Kier molecular flexibility index (Phi) is 3.85. The third-order valence-electron chi connectivity index (χ3n) is 2.72.